The largest absolute Gasteiger partial charge is 0.322 e. The van der Waals surface area contributed by atoms with Gasteiger partial charge in [-0.3, -0.25) is 4.79 Å². The zero-order valence-electron chi connectivity index (χ0n) is 14.0. The number of rotatable bonds is 3. The highest BCUT2D eigenvalue weighted by Crippen LogP contribution is 2.30. The van der Waals surface area contributed by atoms with Gasteiger partial charge in [-0.2, -0.15) is 0 Å². The molecule has 0 atom stereocenters. The number of aromatic nitrogens is 1. The molecule has 0 aliphatic rings. The molecule has 0 spiro atoms. The SMILES string of the molecule is Cc1ccc(-c2cc(C(=O)Nc3ccc(Cl)cc3)c3ccccc3n2)s1. The Kier molecular flexibility index (Phi) is 4.45. The van der Waals surface area contributed by atoms with Crippen LogP contribution in [0.15, 0.2) is 66.7 Å². The lowest BCUT2D eigenvalue weighted by molar-refractivity contribution is 0.102. The minimum Gasteiger partial charge on any atom is -0.322 e. The van der Waals surface area contributed by atoms with Crippen LogP contribution in [-0.2, 0) is 0 Å². The Morgan fingerprint density at radius 2 is 1.81 bits per heavy atom. The molecule has 4 rings (SSSR count). The maximum atomic E-state index is 12.9. The first-order valence-electron chi connectivity index (χ1n) is 8.14. The van der Waals surface area contributed by atoms with E-state index >= 15 is 0 Å². The van der Waals surface area contributed by atoms with Crippen molar-refractivity contribution in [1.29, 1.82) is 0 Å². The standard InChI is InChI=1S/C21H15ClN2OS/c1-13-6-11-20(26-13)19-12-17(16-4-2-3-5-18(16)24-19)21(25)23-15-9-7-14(22)8-10-15/h2-12H,1H3,(H,23,25). The van der Waals surface area contributed by atoms with Gasteiger partial charge < -0.3 is 5.32 Å². The second-order valence-corrected chi connectivity index (χ2v) is 7.67. The lowest BCUT2D eigenvalue weighted by Crippen LogP contribution is -2.13. The lowest BCUT2D eigenvalue weighted by atomic mass is 10.1. The third-order valence-electron chi connectivity index (χ3n) is 4.06. The van der Waals surface area contributed by atoms with Crippen LogP contribution in [0.5, 0.6) is 0 Å². The highest BCUT2D eigenvalue weighted by atomic mass is 35.5. The Hall–Kier alpha value is -2.69. The predicted octanol–water partition coefficient (Wildman–Crippen LogP) is 6.18. The molecule has 1 amide bonds. The molecule has 0 radical (unpaired) electrons. The first-order valence-corrected chi connectivity index (χ1v) is 9.33. The van der Waals surface area contributed by atoms with E-state index in [-0.39, 0.29) is 5.91 Å². The number of aryl methyl sites for hydroxylation is 1. The van der Waals surface area contributed by atoms with Crippen molar-refractivity contribution in [3.8, 4) is 10.6 Å². The molecule has 4 aromatic rings. The number of nitrogens with one attached hydrogen (secondary N) is 1. The summed E-state index contributed by atoms with van der Waals surface area (Å²) in [6.07, 6.45) is 0. The third-order valence-corrected chi connectivity index (χ3v) is 5.33. The van der Waals surface area contributed by atoms with Crippen molar-refractivity contribution in [3.63, 3.8) is 0 Å². The average Bonchev–Trinajstić information content (AvgIpc) is 3.09. The minimum atomic E-state index is -0.166. The van der Waals surface area contributed by atoms with Crippen LogP contribution in [0.3, 0.4) is 0 Å². The summed E-state index contributed by atoms with van der Waals surface area (Å²) in [6.45, 7) is 2.06. The number of amides is 1. The molecule has 2 aromatic carbocycles. The van der Waals surface area contributed by atoms with Gasteiger partial charge in [-0.15, -0.1) is 11.3 Å². The molecular formula is C21H15ClN2OS. The molecule has 5 heteroatoms. The van der Waals surface area contributed by atoms with Crippen molar-refractivity contribution in [1.82, 2.24) is 4.98 Å². The summed E-state index contributed by atoms with van der Waals surface area (Å²) in [6, 6.07) is 20.7. The number of nitrogens with zero attached hydrogens (tertiary/aromatic N) is 1. The maximum Gasteiger partial charge on any atom is 0.256 e. The van der Waals surface area contributed by atoms with E-state index in [4.69, 9.17) is 16.6 Å². The molecule has 0 aliphatic carbocycles. The quantitative estimate of drug-likeness (QED) is 0.462. The van der Waals surface area contributed by atoms with Crippen LogP contribution in [0.1, 0.15) is 15.2 Å². The zero-order valence-corrected chi connectivity index (χ0v) is 15.6. The van der Waals surface area contributed by atoms with Gasteiger partial charge in [-0.1, -0.05) is 29.8 Å². The molecule has 1 N–H and O–H groups in total. The average molecular weight is 379 g/mol. The predicted molar refractivity (Wildman–Crippen MR) is 109 cm³/mol. The van der Waals surface area contributed by atoms with Crippen LogP contribution in [0.2, 0.25) is 5.02 Å². The lowest BCUT2D eigenvalue weighted by Gasteiger charge is -2.10. The Balaban J connectivity index is 1.79. The normalized spacial score (nSPS) is 10.8. The van der Waals surface area contributed by atoms with Crippen molar-refractivity contribution in [2.45, 2.75) is 6.92 Å². The molecule has 0 saturated carbocycles. The fraction of sp³-hybridized carbons (Fsp3) is 0.0476. The van der Waals surface area contributed by atoms with Crippen molar-refractivity contribution < 1.29 is 4.79 Å². The monoisotopic (exact) mass is 378 g/mol. The first kappa shape index (κ1) is 16.8. The van der Waals surface area contributed by atoms with Gasteiger partial charge in [0.2, 0.25) is 0 Å². The van der Waals surface area contributed by atoms with Crippen LogP contribution in [0.25, 0.3) is 21.5 Å². The number of anilines is 1. The number of halogens is 1. The number of thiophene rings is 1. The van der Waals surface area contributed by atoms with Gasteiger partial charge in [0.15, 0.2) is 0 Å². The van der Waals surface area contributed by atoms with Gasteiger partial charge >= 0.3 is 0 Å². The molecule has 0 aliphatic heterocycles. The van der Waals surface area contributed by atoms with E-state index in [9.17, 15) is 4.79 Å². The summed E-state index contributed by atoms with van der Waals surface area (Å²) in [5.41, 5.74) is 2.92. The molecular weight excluding hydrogens is 364 g/mol. The molecule has 3 nitrogen and oxygen atoms in total. The molecule has 2 aromatic heterocycles. The minimum absolute atomic E-state index is 0.166. The van der Waals surface area contributed by atoms with Gasteiger partial charge in [0.05, 0.1) is 21.7 Å². The van der Waals surface area contributed by atoms with Crippen molar-refractivity contribution >= 4 is 45.4 Å². The Morgan fingerprint density at radius 1 is 1.04 bits per heavy atom. The molecule has 0 bridgehead atoms. The van der Waals surface area contributed by atoms with Crippen LogP contribution in [0.4, 0.5) is 5.69 Å². The summed E-state index contributed by atoms with van der Waals surface area (Å²) in [5, 5.41) is 4.40. The van der Waals surface area contributed by atoms with Crippen molar-refractivity contribution in [3.05, 3.63) is 82.2 Å². The number of fused-ring (bicyclic) bond motifs is 1. The number of carbonyl (C=O) groups is 1. The van der Waals surface area contributed by atoms with E-state index in [0.29, 0.717) is 16.3 Å². The van der Waals surface area contributed by atoms with Gasteiger partial charge in [0.1, 0.15) is 0 Å². The number of hydrogen-bond acceptors (Lipinski definition) is 3. The molecule has 0 saturated heterocycles. The van der Waals surface area contributed by atoms with E-state index in [1.165, 1.54) is 4.88 Å². The summed E-state index contributed by atoms with van der Waals surface area (Å²) in [5.74, 6) is -0.166. The van der Waals surface area contributed by atoms with Crippen LogP contribution in [-0.4, -0.2) is 10.9 Å². The van der Waals surface area contributed by atoms with Crippen molar-refractivity contribution in [2.24, 2.45) is 0 Å². The van der Waals surface area contributed by atoms with Gasteiger partial charge in [0, 0.05) is 21.0 Å². The zero-order chi connectivity index (χ0) is 18.1. The van der Waals surface area contributed by atoms with E-state index < -0.39 is 0 Å². The van der Waals surface area contributed by atoms with Crippen LogP contribution >= 0.6 is 22.9 Å². The maximum absolute atomic E-state index is 12.9. The number of para-hydroxylation sites is 1. The molecule has 2 heterocycles. The van der Waals surface area contributed by atoms with E-state index in [0.717, 1.165) is 21.5 Å². The Labute approximate surface area is 160 Å². The Bertz CT molecular complexity index is 1100. The number of benzene rings is 2. The topological polar surface area (TPSA) is 42.0 Å². The first-order chi connectivity index (χ1) is 12.6. The second kappa shape index (κ2) is 6.90. The van der Waals surface area contributed by atoms with Crippen molar-refractivity contribution in [2.75, 3.05) is 5.32 Å². The number of hydrogen-bond donors (Lipinski definition) is 1. The molecule has 26 heavy (non-hydrogen) atoms. The molecule has 0 unspecified atom stereocenters. The summed E-state index contributed by atoms with van der Waals surface area (Å²) >= 11 is 7.58. The summed E-state index contributed by atoms with van der Waals surface area (Å²) in [4.78, 5) is 19.9. The number of pyridine rings is 1. The third kappa shape index (κ3) is 3.34. The number of carbonyl (C=O) groups excluding carboxylic acids is 1. The highest BCUT2D eigenvalue weighted by Gasteiger charge is 2.15. The smallest absolute Gasteiger partial charge is 0.256 e. The van der Waals surface area contributed by atoms with Gasteiger partial charge in [0.25, 0.3) is 5.91 Å². The second-order valence-electron chi connectivity index (χ2n) is 5.94. The van der Waals surface area contributed by atoms with Gasteiger partial charge in [-0.25, -0.2) is 4.98 Å². The summed E-state index contributed by atoms with van der Waals surface area (Å²) < 4.78 is 0. The highest BCUT2D eigenvalue weighted by molar-refractivity contribution is 7.15. The molecule has 128 valence electrons. The summed E-state index contributed by atoms with van der Waals surface area (Å²) in [7, 11) is 0. The van der Waals surface area contributed by atoms with E-state index in [2.05, 4.69) is 18.3 Å². The van der Waals surface area contributed by atoms with Crippen LogP contribution in [0, 0.1) is 6.92 Å². The Morgan fingerprint density at radius 3 is 2.54 bits per heavy atom. The fourth-order valence-electron chi connectivity index (χ4n) is 2.79. The van der Waals surface area contributed by atoms with Gasteiger partial charge in [-0.05, 0) is 55.5 Å². The fourth-order valence-corrected chi connectivity index (χ4v) is 3.75. The van der Waals surface area contributed by atoms with E-state index in [1.807, 2.05) is 36.4 Å². The van der Waals surface area contributed by atoms with E-state index in [1.54, 1.807) is 35.6 Å². The van der Waals surface area contributed by atoms with Crippen LogP contribution < -0.4 is 5.32 Å². The molecule has 0 fully saturated rings.